The molecule has 418 valence electrons. The zero-order valence-corrected chi connectivity index (χ0v) is 47.9. The van der Waals surface area contributed by atoms with Gasteiger partial charge in [-0.05, 0) is 155 Å². The van der Waals surface area contributed by atoms with Gasteiger partial charge in [-0.3, -0.25) is 9.24 Å². The molecule has 3 aliphatic heterocycles. The van der Waals surface area contributed by atoms with Crippen molar-refractivity contribution in [2.24, 2.45) is 5.92 Å². The maximum Gasteiger partial charge on any atom is 0.501 e. The molecule has 0 spiro atoms. The Morgan fingerprint density at radius 3 is 2.06 bits per heavy atom. The number of aromatic nitrogens is 1. The van der Waals surface area contributed by atoms with Gasteiger partial charge in [-0.1, -0.05) is 41.9 Å². The number of nitrogens with zero attached hydrogens (tertiary/aromatic N) is 5. The first-order valence-corrected chi connectivity index (χ1v) is 32.2. The lowest BCUT2D eigenvalue weighted by atomic mass is 9.97. The van der Waals surface area contributed by atoms with Crippen LogP contribution in [0.15, 0.2) is 130 Å². The number of hydrogen-bond acceptors (Lipinski definition) is 12. The number of sulfone groups is 2. The minimum absolute atomic E-state index is 0.0281. The lowest BCUT2D eigenvalue weighted by molar-refractivity contribution is -0.0435. The summed E-state index contributed by atoms with van der Waals surface area (Å²) in [5.41, 5.74) is -1.29. The van der Waals surface area contributed by atoms with Crippen LogP contribution in [0.4, 0.5) is 40.3 Å². The molecule has 3 aliphatic rings. The first-order valence-electron chi connectivity index (χ1n) is 25.9. The average Bonchev–Trinajstić information content (AvgIpc) is 4.11. The van der Waals surface area contributed by atoms with E-state index in [9.17, 15) is 35.1 Å². The van der Waals surface area contributed by atoms with Gasteiger partial charge in [-0.15, -0.1) is 11.8 Å². The summed E-state index contributed by atoms with van der Waals surface area (Å²) in [6.07, 6.45) is 3.31. The highest BCUT2D eigenvalue weighted by molar-refractivity contribution is 7.99. The highest BCUT2D eigenvalue weighted by Crippen LogP contribution is 2.56. The number of hydrogen-bond donors (Lipinski definition) is 2. The molecular weight excluding hydrogens is 1110 g/mol. The van der Waals surface area contributed by atoms with Gasteiger partial charge in [0, 0.05) is 102 Å². The van der Waals surface area contributed by atoms with Crippen LogP contribution in [-0.2, 0) is 28.8 Å². The maximum absolute atomic E-state index is 15.8. The molecule has 0 unspecified atom stereocenters. The van der Waals surface area contributed by atoms with Crippen molar-refractivity contribution >= 4 is 78.6 Å². The number of anilines is 4. The predicted molar refractivity (Wildman–Crippen MR) is 305 cm³/mol. The van der Waals surface area contributed by atoms with Crippen LogP contribution in [0.1, 0.15) is 44.8 Å². The van der Waals surface area contributed by atoms with E-state index in [4.69, 9.17) is 16.1 Å². The van der Waals surface area contributed by atoms with Gasteiger partial charge in [0.2, 0.25) is 0 Å². The first kappa shape index (κ1) is 57.6. The molecule has 9 rings (SSSR count). The van der Waals surface area contributed by atoms with Crippen molar-refractivity contribution in [1.82, 2.24) is 9.47 Å². The maximum atomic E-state index is 15.8. The molecule has 0 saturated carbocycles. The second kappa shape index (κ2) is 23.6. The molecule has 3 fully saturated rings. The number of likely N-dealkylation sites (tertiary alicyclic amines) is 1. The van der Waals surface area contributed by atoms with Gasteiger partial charge in [0.25, 0.3) is 9.84 Å². The monoisotopic (exact) mass is 1170 g/mol. The summed E-state index contributed by atoms with van der Waals surface area (Å²) in [5, 5.41) is 13.1. The fourth-order valence-electron chi connectivity index (χ4n) is 10.9. The van der Waals surface area contributed by atoms with Crippen molar-refractivity contribution in [3.8, 4) is 22.4 Å². The lowest BCUT2D eigenvalue weighted by Crippen LogP contribution is -2.46. The van der Waals surface area contributed by atoms with Crippen molar-refractivity contribution < 1.29 is 48.6 Å². The average molecular weight is 1170 g/mol. The summed E-state index contributed by atoms with van der Waals surface area (Å²) in [7, 11) is -13.9. The van der Waals surface area contributed by atoms with Crippen LogP contribution in [0.5, 0.6) is 0 Å². The van der Waals surface area contributed by atoms with E-state index >= 15 is 8.96 Å². The third-order valence-electron chi connectivity index (χ3n) is 14.8. The summed E-state index contributed by atoms with van der Waals surface area (Å²) in [6, 6.07) is 31.3. The zero-order chi connectivity index (χ0) is 55.7. The molecule has 78 heavy (non-hydrogen) atoms. The van der Waals surface area contributed by atoms with Gasteiger partial charge in [0.1, 0.15) is 10.7 Å². The lowest BCUT2D eigenvalue weighted by Gasteiger charge is -2.37. The van der Waals surface area contributed by atoms with Gasteiger partial charge in [0.05, 0.1) is 34.7 Å². The molecule has 5 aromatic carbocycles. The largest absolute Gasteiger partial charge is 0.501 e. The Labute approximate surface area is 463 Å². The van der Waals surface area contributed by atoms with E-state index in [0.29, 0.717) is 83.8 Å². The predicted octanol–water partition coefficient (Wildman–Crippen LogP) is 11.5. The minimum Gasteiger partial charge on any atom is -0.396 e. The van der Waals surface area contributed by atoms with E-state index in [1.54, 1.807) is 31.2 Å². The second-order valence-electron chi connectivity index (χ2n) is 20.4. The summed E-state index contributed by atoms with van der Waals surface area (Å²) in [4.78, 5) is 6.46. The van der Waals surface area contributed by atoms with Gasteiger partial charge in [-0.2, -0.15) is 13.2 Å². The molecular formula is C56H64ClF4N6O7PS3. The molecule has 13 nitrogen and oxygen atoms in total. The van der Waals surface area contributed by atoms with Crippen LogP contribution in [-0.4, -0.2) is 121 Å². The van der Waals surface area contributed by atoms with Crippen LogP contribution < -0.4 is 25.1 Å². The van der Waals surface area contributed by atoms with Crippen molar-refractivity contribution in [1.29, 1.82) is 0 Å². The SMILES string of the molecule is Cc1c(S(C)(=O)=O)c(-c2cc(F)cc(N3CCN(c4ccc(N5CCO[P@@]5(=O)c5ccc(N[C@H](CCN6CCC(CO)CC6)CSc6ccccc6)c(S(=O)(=O)C(F)(F)F)c5)cc4)CC3)c2)c(-c2ccc(Cl)cc2)n1C(C)C. The number of piperidine rings is 1. The second-order valence-corrected chi connectivity index (χ2v) is 28.1. The number of benzene rings is 5. The summed E-state index contributed by atoms with van der Waals surface area (Å²) in [6.45, 7) is 10.1. The van der Waals surface area contributed by atoms with E-state index in [2.05, 4.69) is 15.1 Å². The Balaban J connectivity index is 0.935. The van der Waals surface area contributed by atoms with E-state index in [-0.39, 0.29) is 47.6 Å². The summed E-state index contributed by atoms with van der Waals surface area (Å²) < 4.78 is 138. The third kappa shape index (κ3) is 12.3. The summed E-state index contributed by atoms with van der Waals surface area (Å²) in [5.74, 6) is 0.116. The minimum atomic E-state index is -5.96. The number of alkyl halides is 3. The molecule has 2 N–H and O–H groups in total. The van der Waals surface area contributed by atoms with Crippen LogP contribution in [0.2, 0.25) is 5.02 Å². The normalized spacial score (nSPS) is 18.5. The van der Waals surface area contributed by atoms with Crippen LogP contribution in [0, 0.1) is 18.7 Å². The van der Waals surface area contributed by atoms with E-state index < -0.39 is 49.5 Å². The van der Waals surface area contributed by atoms with Crippen molar-refractivity contribution in [2.45, 2.75) is 72.3 Å². The third-order valence-corrected chi connectivity index (χ3v) is 21.5. The Morgan fingerprint density at radius 2 is 1.45 bits per heavy atom. The number of piperazine rings is 1. The standard InChI is InChI=1S/C56H64ClF4N6O7PS3/c1-38(2)67-39(3)55(77(4,70)71)53(54(67)41-10-12-43(57)13-11-41)42-32-44(58)34-48(33-42)65-28-26-64(27-29-65)46-14-16-47(17-15-46)66-30-31-74-75(66,69)49-18-19-51(52(35-49)78(72,73)56(59,60)61)62-45(37-76-50-8-6-5-7-9-50)22-25-63-23-20-40(36-68)21-24-63/h5-19,32-35,38,40,45,62,68H,20-31,36-37H2,1-4H3/t45-,75+/m1/s1. The fourth-order valence-corrected chi connectivity index (χ4v) is 16.5. The fraction of sp³-hybridized carbons (Fsp3) is 0.393. The quantitative estimate of drug-likeness (QED) is 0.0479. The first-order chi connectivity index (χ1) is 37.0. The molecule has 0 aliphatic carbocycles. The molecule has 22 heteroatoms. The van der Waals surface area contributed by atoms with Crippen molar-refractivity contribution in [2.75, 3.05) is 97.4 Å². The van der Waals surface area contributed by atoms with Crippen LogP contribution >= 0.6 is 30.9 Å². The molecule has 4 heterocycles. The topological polar surface area (TPSA) is 145 Å². The smallest absolute Gasteiger partial charge is 0.396 e. The number of thioether (sulfide) groups is 1. The Bertz CT molecular complexity index is 3380. The van der Waals surface area contributed by atoms with Crippen molar-refractivity contribution in [3.05, 3.63) is 132 Å². The van der Waals surface area contributed by atoms with Gasteiger partial charge >= 0.3 is 13.0 Å². The Hall–Kier alpha value is -5.05. The van der Waals surface area contributed by atoms with E-state index in [0.717, 1.165) is 54.4 Å². The molecule has 1 aromatic heterocycles. The number of aliphatic hydroxyl groups excluding tert-OH is 1. The van der Waals surface area contributed by atoms with E-state index in [1.165, 1.54) is 40.7 Å². The van der Waals surface area contributed by atoms with Gasteiger partial charge in [-0.25, -0.2) is 21.2 Å². The molecule has 2 atom stereocenters. The van der Waals surface area contributed by atoms with E-state index in [1.807, 2.05) is 84.0 Å². The molecule has 3 saturated heterocycles. The highest BCUT2D eigenvalue weighted by atomic mass is 35.5. The summed E-state index contributed by atoms with van der Waals surface area (Å²) >= 11 is 7.76. The van der Waals surface area contributed by atoms with Crippen LogP contribution in [0.3, 0.4) is 0 Å². The van der Waals surface area contributed by atoms with Gasteiger partial charge < -0.3 is 34.2 Å². The van der Waals surface area contributed by atoms with Gasteiger partial charge in [0.15, 0.2) is 9.84 Å². The molecule has 0 amide bonds. The number of halogens is 5. The molecule has 0 bridgehead atoms. The van der Waals surface area contributed by atoms with Crippen LogP contribution in [0.25, 0.3) is 22.4 Å². The van der Waals surface area contributed by atoms with Crippen molar-refractivity contribution in [3.63, 3.8) is 0 Å². The molecule has 0 radical (unpaired) electrons. The zero-order valence-electron chi connectivity index (χ0n) is 43.8. The number of rotatable bonds is 18. The molecule has 6 aromatic rings. The number of aliphatic hydroxyl groups is 1. The Kier molecular flexibility index (Phi) is 17.4. The highest BCUT2D eigenvalue weighted by Gasteiger charge is 2.49. The number of nitrogens with one attached hydrogen (secondary N) is 1. The Morgan fingerprint density at radius 1 is 0.808 bits per heavy atom.